The third kappa shape index (κ3) is 3.92. The van der Waals surface area contributed by atoms with Crippen molar-refractivity contribution in [2.24, 2.45) is 5.92 Å². The minimum atomic E-state index is -0.618. The quantitative estimate of drug-likeness (QED) is 0.684. The molecule has 1 aromatic rings. The fraction of sp³-hybridized carbons (Fsp3) is 0.500. The molecule has 1 fully saturated rings. The van der Waals surface area contributed by atoms with Crippen LogP contribution < -0.4 is 5.32 Å². The van der Waals surface area contributed by atoms with Crippen LogP contribution in [0.2, 0.25) is 5.02 Å². The van der Waals surface area contributed by atoms with Gasteiger partial charge in [-0.2, -0.15) is 0 Å². The van der Waals surface area contributed by atoms with Crippen LogP contribution >= 0.6 is 11.6 Å². The summed E-state index contributed by atoms with van der Waals surface area (Å²) < 4.78 is 0. The predicted octanol–water partition coefficient (Wildman–Crippen LogP) is 2.32. The van der Waals surface area contributed by atoms with Crippen LogP contribution in [0, 0.1) is 16.0 Å². The zero-order chi connectivity index (χ0) is 15.4. The molecule has 1 aliphatic heterocycles. The molecule has 0 bridgehead atoms. The molecule has 1 aromatic carbocycles. The zero-order valence-electron chi connectivity index (χ0n) is 11.8. The van der Waals surface area contributed by atoms with Gasteiger partial charge in [0.15, 0.2) is 0 Å². The van der Waals surface area contributed by atoms with Gasteiger partial charge in [-0.05, 0) is 51.0 Å². The van der Waals surface area contributed by atoms with E-state index in [0.29, 0.717) is 12.5 Å². The molecule has 7 heteroatoms. The number of carbonyl (C=O) groups excluding carboxylic acids is 1. The molecular formula is C14H18ClN3O3. The second kappa shape index (κ2) is 6.87. The second-order valence-electron chi connectivity index (χ2n) is 5.35. The Morgan fingerprint density at radius 3 is 2.76 bits per heavy atom. The van der Waals surface area contributed by atoms with Crippen LogP contribution in [0.15, 0.2) is 18.2 Å². The van der Waals surface area contributed by atoms with Gasteiger partial charge in [0.25, 0.3) is 5.91 Å². The largest absolute Gasteiger partial charge is 0.352 e. The summed E-state index contributed by atoms with van der Waals surface area (Å²) in [6, 6.07) is 4.38. The van der Waals surface area contributed by atoms with E-state index >= 15 is 0 Å². The number of likely N-dealkylation sites (tertiary alicyclic amines) is 1. The van der Waals surface area contributed by atoms with Crippen molar-refractivity contribution in [3.63, 3.8) is 0 Å². The molecule has 21 heavy (non-hydrogen) atoms. The molecule has 0 unspecified atom stereocenters. The van der Waals surface area contributed by atoms with E-state index in [4.69, 9.17) is 11.6 Å². The molecule has 1 N–H and O–H groups in total. The molecular weight excluding hydrogens is 294 g/mol. The molecule has 0 aromatic heterocycles. The average Bonchev–Trinajstić information content (AvgIpc) is 2.45. The highest BCUT2D eigenvalue weighted by atomic mass is 35.5. The van der Waals surface area contributed by atoms with Gasteiger partial charge in [0.05, 0.1) is 4.92 Å². The van der Waals surface area contributed by atoms with Crippen LogP contribution in [-0.2, 0) is 0 Å². The number of carbonyl (C=O) groups is 1. The summed E-state index contributed by atoms with van der Waals surface area (Å²) in [6.07, 6.45) is 2.04. The van der Waals surface area contributed by atoms with Crippen LogP contribution in [-0.4, -0.2) is 42.4 Å². The van der Waals surface area contributed by atoms with Crippen molar-refractivity contribution in [2.75, 3.05) is 26.7 Å². The number of nitrogens with one attached hydrogen (secondary N) is 1. The maximum absolute atomic E-state index is 12.1. The van der Waals surface area contributed by atoms with E-state index in [2.05, 4.69) is 17.3 Å². The van der Waals surface area contributed by atoms with Crippen molar-refractivity contribution in [2.45, 2.75) is 12.8 Å². The van der Waals surface area contributed by atoms with Crippen molar-refractivity contribution in [1.29, 1.82) is 0 Å². The molecule has 2 rings (SSSR count). The number of benzene rings is 1. The van der Waals surface area contributed by atoms with Crippen molar-refractivity contribution in [3.8, 4) is 0 Å². The topological polar surface area (TPSA) is 75.5 Å². The van der Waals surface area contributed by atoms with E-state index in [0.717, 1.165) is 25.9 Å². The van der Waals surface area contributed by atoms with Gasteiger partial charge in [-0.1, -0.05) is 17.7 Å². The van der Waals surface area contributed by atoms with Crippen molar-refractivity contribution >= 4 is 23.2 Å². The third-order valence-corrected chi connectivity index (χ3v) is 4.11. The van der Waals surface area contributed by atoms with E-state index in [1.165, 1.54) is 12.1 Å². The molecule has 6 nitrogen and oxygen atoms in total. The van der Waals surface area contributed by atoms with Gasteiger partial charge in [0.2, 0.25) is 0 Å². The average molecular weight is 312 g/mol. The Morgan fingerprint density at radius 1 is 1.48 bits per heavy atom. The second-order valence-corrected chi connectivity index (χ2v) is 5.76. The molecule has 1 heterocycles. The van der Waals surface area contributed by atoms with Crippen molar-refractivity contribution in [3.05, 3.63) is 38.9 Å². The lowest BCUT2D eigenvalue weighted by atomic mass is 9.97. The predicted molar refractivity (Wildman–Crippen MR) is 80.7 cm³/mol. The molecule has 114 valence electrons. The van der Waals surface area contributed by atoms with Gasteiger partial charge in [0, 0.05) is 6.54 Å². The molecule has 0 atom stereocenters. The first kappa shape index (κ1) is 15.7. The highest BCUT2D eigenvalue weighted by Gasteiger charge is 2.24. The SMILES string of the molecule is CN1CCC(CNC(=O)c2cccc(Cl)c2[N+](=O)[O-])CC1. The summed E-state index contributed by atoms with van der Waals surface area (Å²) in [7, 11) is 2.07. The maximum atomic E-state index is 12.1. The van der Waals surface area contributed by atoms with E-state index in [1.807, 2.05) is 0 Å². The van der Waals surface area contributed by atoms with Gasteiger partial charge < -0.3 is 10.2 Å². The number of nitrogens with zero attached hydrogens (tertiary/aromatic N) is 2. The molecule has 0 aliphatic carbocycles. The Bertz CT molecular complexity index is 542. The summed E-state index contributed by atoms with van der Waals surface area (Å²) in [4.78, 5) is 24.8. The standard InChI is InChI=1S/C14H18ClN3O3/c1-17-7-5-10(6-8-17)9-16-14(19)11-3-2-4-12(15)13(11)18(20)21/h2-4,10H,5-9H2,1H3,(H,16,19). The minimum absolute atomic E-state index is 0.0143. The number of amides is 1. The monoisotopic (exact) mass is 311 g/mol. The molecule has 0 radical (unpaired) electrons. The summed E-state index contributed by atoms with van der Waals surface area (Å²) >= 11 is 5.81. The van der Waals surface area contributed by atoms with E-state index in [1.54, 1.807) is 6.07 Å². The first-order valence-corrected chi connectivity index (χ1v) is 7.26. The van der Waals surface area contributed by atoms with Crippen LogP contribution in [0.1, 0.15) is 23.2 Å². The smallest absolute Gasteiger partial charge is 0.300 e. The Morgan fingerprint density at radius 2 is 2.14 bits per heavy atom. The molecule has 0 spiro atoms. The number of hydrogen-bond acceptors (Lipinski definition) is 4. The summed E-state index contributed by atoms with van der Waals surface area (Å²) in [6.45, 7) is 2.56. The van der Waals surface area contributed by atoms with Crippen molar-refractivity contribution in [1.82, 2.24) is 10.2 Å². The summed E-state index contributed by atoms with van der Waals surface area (Å²) in [5.74, 6) is -0.0217. The minimum Gasteiger partial charge on any atom is -0.352 e. The van der Waals surface area contributed by atoms with E-state index in [-0.39, 0.29) is 16.3 Å². The van der Waals surface area contributed by atoms with Gasteiger partial charge in [-0.3, -0.25) is 14.9 Å². The zero-order valence-corrected chi connectivity index (χ0v) is 12.6. The highest BCUT2D eigenvalue weighted by Crippen LogP contribution is 2.28. The highest BCUT2D eigenvalue weighted by molar-refractivity contribution is 6.33. The van der Waals surface area contributed by atoms with Crippen LogP contribution in [0.5, 0.6) is 0 Å². The maximum Gasteiger partial charge on any atom is 0.300 e. The number of piperidine rings is 1. The molecule has 1 amide bonds. The number of nitro groups is 1. The van der Waals surface area contributed by atoms with Crippen LogP contribution in [0.4, 0.5) is 5.69 Å². The number of halogens is 1. The molecule has 0 saturated carbocycles. The van der Waals surface area contributed by atoms with E-state index in [9.17, 15) is 14.9 Å². The summed E-state index contributed by atoms with van der Waals surface area (Å²) in [5.41, 5.74) is -0.319. The van der Waals surface area contributed by atoms with E-state index < -0.39 is 10.8 Å². The number of para-hydroxylation sites is 1. The lowest BCUT2D eigenvalue weighted by Gasteiger charge is -2.28. The first-order valence-electron chi connectivity index (χ1n) is 6.88. The number of rotatable bonds is 4. The number of hydrogen-bond donors (Lipinski definition) is 1. The third-order valence-electron chi connectivity index (χ3n) is 3.80. The Hall–Kier alpha value is -1.66. The molecule has 1 aliphatic rings. The van der Waals surface area contributed by atoms with Gasteiger partial charge in [-0.25, -0.2) is 0 Å². The first-order chi connectivity index (χ1) is 9.99. The number of nitro benzene ring substituents is 1. The van der Waals surface area contributed by atoms with Gasteiger partial charge >= 0.3 is 5.69 Å². The van der Waals surface area contributed by atoms with Crippen LogP contribution in [0.3, 0.4) is 0 Å². The normalized spacial score (nSPS) is 16.7. The lowest BCUT2D eigenvalue weighted by Crippen LogP contribution is -2.37. The van der Waals surface area contributed by atoms with Crippen LogP contribution in [0.25, 0.3) is 0 Å². The van der Waals surface area contributed by atoms with Crippen molar-refractivity contribution < 1.29 is 9.72 Å². The lowest BCUT2D eigenvalue weighted by molar-refractivity contribution is -0.385. The Balaban J connectivity index is 2.01. The van der Waals surface area contributed by atoms with Gasteiger partial charge in [-0.15, -0.1) is 0 Å². The Labute approximate surface area is 128 Å². The summed E-state index contributed by atoms with van der Waals surface area (Å²) in [5, 5.41) is 13.8. The fourth-order valence-electron chi connectivity index (χ4n) is 2.48. The fourth-order valence-corrected chi connectivity index (χ4v) is 2.73. The molecule has 1 saturated heterocycles. The Kier molecular flexibility index (Phi) is 5.14. The van der Waals surface area contributed by atoms with Gasteiger partial charge in [0.1, 0.15) is 10.6 Å².